The number of aryl methyl sites for hydroxylation is 2. The molecule has 0 bridgehead atoms. The van der Waals surface area contributed by atoms with Crippen molar-refractivity contribution in [3.63, 3.8) is 0 Å². The number of halogens is 1. The van der Waals surface area contributed by atoms with Gasteiger partial charge in [-0.2, -0.15) is 0 Å². The van der Waals surface area contributed by atoms with Gasteiger partial charge in [0.05, 0.1) is 40.0 Å². The number of esters is 1. The van der Waals surface area contributed by atoms with Crippen LogP contribution in [0.3, 0.4) is 0 Å². The molecule has 1 unspecified atom stereocenters. The standard InChI is InChI=1S/C33H35FO6/c1-19-9-24(39-18-33(3)16-37-17-33)10-20(2)32(19)28-13-22(34)12-27-26(28)7-8-29(27)40-23-5-6-25-21(11-31(35)36-4)15-38-30(25)14-23/h5-6,9-10,12-14,21,29H,7-8,11,15-18H2,1-4H3/t21?,29-/m1/s1. The molecule has 3 aromatic carbocycles. The van der Waals surface area contributed by atoms with Crippen molar-refractivity contribution in [2.75, 3.05) is 33.5 Å². The molecule has 40 heavy (non-hydrogen) atoms. The molecule has 210 valence electrons. The maximum atomic E-state index is 15.1. The average molecular weight is 547 g/mol. The summed E-state index contributed by atoms with van der Waals surface area (Å²) in [5.41, 5.74) is 7.13. The van der Waals surface area contributed by atoms with Gasteiger partial charge >= 0.3 is 5.97 Å². The SMILES string of the molecule is COC(=O)CC1COc2cc(O[C@@H]3CCc4c(-c5c(C)cc(OCC6(C)COC6)cc5C)cc(F)cc43)ccc21. The highest BCUT2D eigenvalue weighted by Crippen LogP contribution is 2.45. The monoisotopic (exact) mass is 546 g/mol. The lowest BCUT2D eigenvalue weighted by molar-refractivity contribution is -0.141. The molecule has 6 nitrogen and oxygen atoms in total. The lowest BCUT2D eigenvalue weighted by atomic mass is 9.89. The molecule has 1 saturated heterocycles. The fraction of sp³-hybridized carbons (Fsp3) is 0.424. The summed E-state index contributed by atoms with van der Waals surface area (Å²) < 4.78 is 43.6. The molecule has 3 aromatic rings. The van der Waals surface area contributed by atoms with Crippen LogP contribution in [0.2, 0.25) is 0 Å². The Balaban J connectivity index is 1.23. The normalized spacial score (nSPS) is 20.2. The molecular weight excluding hydrogens is 511 g/mol. The van der Waals surface area contributed by atoms with Gasteiger partial charge in [-0.3, -0.25) is 4.79 Å². The van der Waals surface area contributed by atoms with Crippen molar-refractivity contribution in [2.45, 2.75) is 52.1 Å². The predicted molar refractivity (Wildman–Crippen MR) is 149 cm³/mol. The molecule has 2 heterocycles. The Hall–Kier alpha value is -3.58. The van der Waals surface area contributed by atoms with Crippen molar-refractivity contribution in [3.05, 3.63) is 76.1 Å². The van der Waals surface area contributed by atoms with Crippen LogP contribution < -0.4 is 14.2 Å². The number of hydrogen-bond acceptors (Lipinski definition) is 6. The van der Waals surface area contributed by atoms with Gasteiger partial charge in [0, 0.05) is 23.0 Å². The van der Waals surface area contributed by atoms with Crippen molar-refractivity contribution < 1.29 is 32.9 Å². The first kappa shape index (κ1) is 26.6. The zero-order chi connectivity index (χ0) is 28.0. The molecule has 2 aliphatic heterocycles. The Morgan fingerprint density at radius 2 is 1.82 bits per heavy atom. The van der Waals surface area contributed by atoms with Crippen LogP contribution in [0.15, 0.2) is 42.5 Å². The van der Waals surface area contributed by atoms with Gasteiger partial charge in [-0.05, 0) is 90.4 Å². The number of methoxy groups -OCH3 is 1. The summed E-state index contributed by atoms with van der Waals surface area (Å²) >= 11 is 0. The molecule has 7 heteroatoms. The van der Waals surface area contributed by atoms with E-state index in [4.69, 9.17) is 23.7 Å². The molecule has 2 atom stereocenters. The smallest absolute Gasteiger partial charge is 0.306 e. The molecule has 0 N–H and O–H groups in total. The lowest BCUT2D eigenvalue weighted by Gasteiger charge is -2.37. The van der Waals surface area contributed by atoms with Gasteiger partial charge in [0.1, 0.15) is 29.2 Å². The van der Waals surface area contributed by atoms with Crippen molar-refractivity contribution in [1.82, 2.24) is 0 Å². The summed E-state index contributed by atoms with van der Waals surface area (Å²) in [7, 11) is 1.39. The van der Waals surface area contributed by atoms with Crippen molar-refractivity contribution in [3.8, 4) is 28.4 Å². The highest BCUT2D eigenvalue weighted by atomic mass is 19.1. The maximum absolute atomic E-state index is 15.1. The van der Waals surface area contributed by atoms with E-state index in [1.165, 1.54) is 7.11 Å². The van der Waals surface area contributed by atoms with Crippen LogP contribution in [-0.4, -0.2) is 39.5 Å². The van der Waals surface area contributed by atoms with Crippen molar-refractivity contribution in [2.24, 2.45) is 5.41 Å². The Bertz CT molecular complexity index is 1440. The van der Waals surface area contributed by atoms with E-state index in [0.29, 0.717) is 19.0 Å². The second-order valence-corrected chi connectivity index (χ2v) is 11.7. The quantitative estimate of drug-likeness (QED) is 0.296. The summed E-state index contributed by atoms with van der Waals surface area (Å²) in [6, 6.07) is 13.1. The highest BCUT2D eigenvalue weighted by Gasteiger charge is 2.35. The van der Waals surface area contributed by atoms with E-state index in [1.807, 2.05) is 30.3 Å². The molecule has 0 radical (unpaired) electrons. The first-order chi connectivity index (χ1) is 19.2. The van der Waals surface area contributed by atoms with E-state index in [-0.39, 0.29) is 35.6 Å². The summed E-state index contributed by atoms with van der Waals surface area (Å²) in [4.78, 5) is 11.7. The van der Waals surface area contributed by atoms with Crippen LogP contribution in [0, 0.1) is 25.1 Å². The van der Waals surface area contributed by atoms with E-state index in [9.17, 15) is 4.79 Å². The number of benzene rings is 3. The third-order valence-electron chi connectivity index (χ3n) is 8.30. The summed E-state index contributed by atoms with van der Waals surface area (Å²) in [5.74, 6) is 1.65. The topological polar surface area (TPSA) is 63.2 Å². The first-order valence-corrected chi connectivity index (χ1v) is 13.9. The van der Waals surface area contributed by atoms with Gasteiger partial charge in [0.15, 0.2) is 0 Å². The van der Waals surface area contributed by atoms with E-state index in [2.05, 4.69) is 20.8 Å². The summed E-state index contributed by atoms with van der Waals surface area (Å²) in [5, 5.41) is 0. The van der Waals surface area contributed by atoms with Crippen LogP contribution in [0.4, 0.5) is 4.39 Å². The Morgan fingerprint density at radius 1 is 1.05 bits per heavy atom. The largest absolute Gasteiger partial charge is 0.493 e. The number of fused-ring (bicyclic) bond motifs is 2. The highest BCUT2D eigenvalue weighted by molar-refractivity contribution is 5.76. The Morgan fingerprint density at radius 3 is 2.52 bits per heavy atom. The zero-order valence-corrected chi connectivity index (χ0v) is 23.5. The summed E-state index contributed by atoms with van der Waals surface area (Å²) in [6.45, 7) is 8.76. The average Bonchev–Trinajstić information content (AvgIpc) is 3.49. The second-order valence-electron chi connectivity index (χ2n) is 11.7. The Kier molecular flexibility index (Phi) is 6.95. The van der Waals surface area contributed by atoms with E-state index in [0.717, 1.165) is 76.5 Å². The molecule has 0 spiro atoms. The third kappa shape index (κ3) is 5.03. The zero-order valence-electron chi connectivity index (χ0n) is 23.5. The van der Waals surface area contributed by atoms with Crippen molar-refractivity contribution >= 4 is 5.97 Å². The molecular formula is C33H35FO6. The maximum Gasteiger partial charge on any atom is 0.306 e. The fourth-order valence-electron chi connectivity index (χ4n) is 6.17. The van der Waals surface area contributed by atoms with Crippen LogP contribution in [0.25, 0.3) is 11.1 Å². The van der Waals surface area contributed by atoms with Crippen molar-refractivity contribution in [1.29, 1.82) is 0 Å². The fourth-order valence-corrected chi connectivity index (χ4v) is 6.17. The van der Waals surface area contributed by atoms with Gasteiger partial charge in [-0.1, -0.05) is 13.0 Å². The molecule has 6 rings (SSSR count). The first-order valence-electron chi connectivity index (χ1n) is 13.9. The van der Waals surface area contributed by atoms with Crippen LogP contribution in [-0.2, 0) is 20.7 Å². The van der Waals surface area contributed by atoms with Gasteiger partial charge in [-0.25, -0.2) is 4.39 Å². The number of hydrogen-bond donors (Lipinski definition) is 0. The molecule has 0 saturated carbocycles. The third-order valence-corrected chi connectivity index (χ3v) is 8.30. The molecule has 0 aromatic heterocycles. The minimum absolute atomic E-state index is 0.0288. The second kappa shape index (κ2) is 10.4. The minimum Gasteiger partial charge on any atom is -0.493 e. The number of carbonyl (C=O) groups excluding carboxylic acids is 1. The predicted octanol–water partition coefficient (Wildman–Crippen LogP) is 6.63. The number of ether oxygens (including phenoxy) is 5. The van der Waals surface area contributed by atoms with Crippen LogP contribution in [0.1, 0.15) is 59.6 Å². The molecule has 0 amide bonds. The molecule has 3 aliphatic rings. The van der Waals surface area contributed by atoms with Gasteiger partial charge < -0.3 is 23.7 Å². The van der Waals surface area contributed by atoms with Crippen LogP contribution >= 0.6 is 0 Å². The van der Waals surface area contributed by atoms with E-state index in [1.54, 1.807) is 12.1 Å². The number of rotatable bonds is 8. The van der Waals surface area contributed by atoms with Gasteiger partial charge in [-0.15, -0.1) is 0 Å². The van der Waals surface area contributed by atoms with Gasteiger partial charge in [0.2, 0.25) is 0 Å². The lowest BCUT2D eigenvalue weighted by Crippen LogP contribution is -2.44. The Labute approximate surface area is 234 Å². The van der Waals surface area contributed by atoms with Gasteiger partial charge in [0.25, 0.3) is 0 Å². The minimum atomic E-state index is -0.274. The molecule has 1 aliphatic carbocycles. The van der Waals surface area contributed by atoms with E-state index >= 15 is 4.39 Å². The van der Waals surface area contributed by atoms with Crippen LogP contribution in [0.5, 0.6) is 17.2 Å². The molecule has 1 fully saturated rings. The number of carbonyl (C=O) groups is 1. The van der Waals surface area contributed by atoms with E-state index < -0.39 is 0 Å². The summed E-state index contributed by atoms with van der Waals surface area (Å²) in [6.07, 6.45) is 1.58.